The van der Waals surface area contributed by atoms with Gasteiger partial charge in [0.1, 0.15) is 10.7 Å². The molecule has 38 heavy (non-hydrogen) atoms. The highest BCUT2D eigenvalue weighted by Crippen LogP contribution is 2.34. The zero-order valence-corrected chi connectivity index (χ0v) is 22.1. The largest absolute Gasteiger partial charge is 0.483 e. The Kier molecular flexibility index (Phi) is 7.26. The van der Waals surface area contributed by atoms with E-state index in [9.17, 15) is 4.79 Å². The summed E-state index contributed by atoms with van der Waals surface area (Å²) in [5.74, 6) is -0.202. The van der Waals surface area contributed by atoms with Crippen molar-refractivity contribution in [3.63, 3.8) is 0 Å². The van der Waals surface area contributed by atoms with Crippen molar-refractivity contribution < 1.29 is 14.7 Å². The van der Waals surface area contributed by atoms with Crippen molar-refractivity contribution in [3.8, 4) is 11.1 Å². The highest BCUT2D eigenvalue weighted by molar-refractivity contribution is 7.09. The van der Waals surface area contributed by atoms with Gasteiger partial charge in [0, 0.05) is 27.9 Å². The van der Waals surface area contributed by atoms with E-state index in [-0.39, 0.29) is 12.4 Å². The van der Waals surface area contributed by atoms with Crippen molar-refractivity contribution in [1.82, 2.24) is 25.1 Å². The van der Waals surface area contributed by atoms with E-state index in [0.717, 1.165) is 63.3 Å². The number of H-pyrrole nitrogens is 2. The van der Waals surface area contributed by atoms with Crippen LogP contribution >= 0.6 is 11.3 Å². The smallest absolute Gasteiger partial charge is 0.290 e. The number of carbonyl (C=O) groups excluding carboxylic acids is 1. The van der Waals surface area contributed by atoms with Gasteiger partial charge in [-0.05, 0) is 66.7 Å². The van der Waals surface area contributed by atoms with Crippen LogP contribution in [-0.4, -0.2) is 55.6 Å². The predicted octanol–water partition coefficient (Wildman–Crippen LogP) is 5.74. The van der Waals surface area contributed by atoms with E-state index in [1.807, 2.05) is 23.7 Å². The van der Waals surface area contributed by atoms with Gasteiger partial charge in [0.25, 0.3) is 12.4 Å². The molecule has 3 aromatic heterocycles. The van der Waals surface area contributed by atoms with Crippen LogP contribution in [0.1, 0.15) is 42.2 Å². The number of hydrogen-bond acceptors (Lipinski definition) is 6. The Labute approximate surface area is 223 Å². The number of hydrogen-bond donors (Lipinski definition) is 4. The molecule has 0 bridgehead atoms. The van der Waals surface area contributed by atoms with Crippen LogP contribution in [0, 0.1) is 5.41 Å². The van der Waals surface area contributed by atoms with Crippen LogP contribution in [0.3, 0.4) is 0 Å². The minimum absolute atomic E-state index is 0.202. The summed E-state index contributed by atoms with van der Waals surface area (Å²) in [6.45, 7) is 7.37. The van der Waals surface area contributed by atoms with E-state index in [1.54, 1.807) is 17.5 Å². The number of nitrogens with one attached hydrogen (secondary N) is 3. The van der Waals surface area contributed by atoms with E-state index in [1.165, 1.54) is 12.8 Å². The lowest BCUT2D eigenvalue weighted by Crippen LogP contribution is -2.36. The molecule has 1 amide bonds. The van der Waals surface area contributed by atoms with E-state index >= 15 is 0 Å². The summed E-state index contributed by atoms with van der Waals surface area (Å²) in [5, 5.41) is 22.1. The fourth-order valence-electron chi connectivity index (χ4n) is 4.83. The Morgan fingerprint density at radius 3 is 2.76 bits per heavy atom. The van der Waals surface area contributed by atoms with Crippen molar-refractivity contribution >= 4 is 51.2 Å². The van der Waals surface area contributed by atoms with Crippen LogP contribution in [0.5, 0.6) is 0 Å². The van der Waals surface area contributed by atoms with Crippen molar-refractivity contribution in [3.05, 3.63) is 64.9 Å². The Morgan fingerprint density at radius 1 is 1.18 bits per heavy atom. The molecule has 1 aliphatic heterocycles. The zero-order chi connectivity index (χ0) is 26.7. The number of carboxylic acid groups (broad SMARTS) is 1. The molecule has 0 spiro atoms. The number of piperidine rings is 1. The summed E-state index contributed by atoms with van der Waals surface area (Å²) >= 11 is 1.55. The lowest BCUT2D eigenvalue weighted by atomic mass is 9.83. The van der Waals surface area contributed by atoms with Gasteiger partial charge in [-0.25, -0.2) is 4.98 Å². The first-order valence-electron chi connectivity index (χ1n) is 12.5. The van der Waals surface area contributed by atoms with Crippen molar-refractivity contribution in [2.45, 2.75) is 33.2 Å². The molecular formula is C28H30N6O3S. The van der Waals surface area contributed by atoms with E-state index in [4.69, 9.17) is 9.90 Å². The van der Waals surface area contributed by atoms with Crippen molar-refractivity contribution in [2.24, 2.45) is 5.41 Å². The molecule has 1 aliphatic rings. The molecule has 0 saturated carbocycles. The molecule has 4 N–H and O–H groups in total. The number of aromatic nitrogens is 4. The number of benzene rings is 2. The fourth-order valence-corrected chi connectivity index (χ4v) is 5.64. The van der Waals surface area contributed by atoms with Crippen LogP contribution in [0.2, 0.25) is 0 Å². The number of aromatic amines is 2. The molecule has 5 aromatic rings. The monoisotopic (exact) mass is 530 g/mol. The first-order chi connectivity index (χ1) is 18.4. The van der Waals surface area contributed by atoms with Crippen LogP contribution < -0.4 is 5.32 Å². The molecule has 10 heteroatoms. The normalized spacial score (nSPS) is 15.2. The zero-order valence-electron chi connectivity index (χ0n) is 21.3. The number of anilines is 1. The number of thiazole rings is 1. The highest BCUT2D eigenvalue weighted by Gasteiger charge is 2.26. The Balaban J connectivity index is 0.000000937. The minimum atomic E-state index is -0.250. The summed E-state index contributed by atoms with van der Waals surface area (Å²) in [6, 6.07) is 12.3. The summed E-state index contributed by atoms with van der Waals surface area (Å²) < 4.78 is 0. The van der Waals surface area contributed by atoms with Gasteiger partial charge in [0.15, 0.2) is 0 Å². The first-order valence-corrected chi connectivity index (χ1v) is 13.3. The van der Waals surface area contributed by atoms with Gasteiger partial charge in [-0.3, -0.25) is 19.6 Å². The molecule has 0 radical (unpaired) electrons. The number of nitrogens with zero attached hydrogens (tertiary/aromatic N) is 3. The molecule has 4 heterocycles. The van der Waals surface area contributed by atoms with Gasteiger partial charge in [0.2, 0.25) is 0 Å². The lowest BCUT2D eigenvalue weighted by molar-refractivity contribution is -0.122. The fraction of sp³-hybridized carbons (Fsp3) is 0.286. The number of fused-ring (bicyclic) bond motifs is 2. The number of likely N-dealkylation sites (tertiary alicyclic amines) is 1. The molecule has 0 aliphatic carbocycles. The standard InChI is InChI=1S/C27H28N6OS.CH2O2/c1-27(2)7-10-33(11-8-27)15-25-30-24(16-35-25)26(34)31-22-12-17(13-23-20(22)14-29-32-23)18-4-3-5-21-19(18)6-9-28-21;2-1-3/h3-6,9,12-14,16,28H,7-8,10-11,15H2,1-2H3,(H,29,32)(H,31,34);1H,(H,2,3). The molecular weight excluding hydrogens is 500 g/mol. The summed E-state index contributed by atoms with van der Waals surface area (Å²) in [4.78, 5) is 31.9. The molecule has 0 atom stereocenters. The van der Waals surface area contributed by atoms with Gasteiger partial charge in [0.05, 0.1) is 23.9 Å². The van der Waals surface area contributed by atoms with Gasteiger partial charge in [-0.1, -0.05) is 26.0 Å². The second-order valence-corrected chi connectivity index (χ2v) is 11.2. The summed E-state index contributed by atoms with van der Waals surface area (Å²) in [6.07, 6.45) is 6.07. The van der Waals surface area contributed by atoms with Gasteiger partial charge in [-0.2, -0.15) is 5.10 Å². The number of rotatable bonds is 5. The lowest BCUT2D eigenvalue weighted by Gasteiger charge is -2.36. The Bertz CT molecular complexity index is 1570. The van der Waals surface area contributed by atoms with Crippen LogP contribution in [0.25, 0.3) is 32.9 Å². The van der Waals surface area contributed by atoms with E-state index in [0.29, 0.717) is 11.1 Å². The predicted molar refractivity (Wildman–Crippen MR) is 150 cm³/mol. The number of amides is 1. The van der Waals surface area contributed by atoms with E-state index in [2.05, 4.69) is 68.5 Å². The molecule has 196 valence electrons. The second-order valence-electron chi connectivity index (χ2n) is 10.2. The molecule has 9 nitrogen and oxygen atoms in total. The highest BCUT2D eigenvalue weighted by atomic mass is 32.1. The third kappa shape index (κ3) is 5.46. The number of carbonyl (C=O) groups is 2. The van der Waals surface area contributed by atoms with Crippen molar-refractivity contribution in [1.29, 1.82) is 0 Å². The Morgan fingerprint density at radius 2 is 1.97 bits per heavy atom. The van der Waals surface area contributed by atoms with Gasteiger partial charge in [-0.15, -0.1) is 11.3 Å². The third-order valence-electron chi connectivity index (χ3n) is 7.07. The molecule has 1 fully saturated rings. The second kappa shape index (κ2) is 10.8. The van der Waals surface area contributed by atoms with Gasteiger partial charge < -0.3 is 15.4 Å². The first kappa shape index (κ1) is 25.6. The van der Waals surface area contributed by atoms with Crippen LogP contribution in [-0.2, 0) is 11.3 Å². The maximum atomic E-state index is 13.2. The minimum Gasteiger partial charge on any atom is -0.483 e. The maximum absolute atomic E-state index is 13.2. The summed E-state index contributed by atoms with van der Waals surface area (Å²) in [5.41, 5.74) is 5.64. The topological polar surface area (TPSA) is 127 Å². The third-order valence-corrected chi connectivity index (χ3v) is 7.90. The molecule has 0 unspecified atom stereocenters. The maximum Gasteiger partial charge on any atom is 0.290 e. The van der Waals surface area contributed by atoms with Gasteiger partial charge >= 0.3 is 0 Å². The average Bonchev–Trinajstić information content (AvgIpc) is 3.66. The quantitative estimate of drug-likeness (QED) is 0.215. The molecule has 1 saturated heterocycles. The molecule has 2 aromatic carbocycles. The van der Waals surface area contributed by atoms with E-state index < -0.39 is 0 Å². The molecule has 6 rings (SSSR count). The van der Waals surface area contributed by atoms with Crippen LogP contribution in [0.4, 0.5) is 5.69 Å². The summed E-state index contributed by atoms with van der Waals surface area (Å²) in [7, 11) is 0. The van der Waals surface area contributed by atoms with Crippen LogP contribution in [0.15, 0.2) is 54.2 Å². The van der Waals surface area contributed by atoms with Crippen molar-refractivity contribution in [2.75, 3.05) is 18.4 Å². The average molecular weight is 531 g/mol. The Hall–Kier alpha value is -4.02. The SMILES string of the molecule is CC1(C)CCN(Cc2nc(C(=O)Nc3cc(-c4cccc5[nH]ccc45)cc4[nH]ncc34)cs2)CC1.O=CO.